The number of hydrogen-bond acceptors (Lipinski definition) is 5. The number of para-hydroxylation sites is 1. The van der Waals surface area contributed by atoms with Gasteiger partial charge in [0.05, 0.1) is 16.6 Å². The first-order chi connectivity index (χ1) is 13.7. The first kappa shape index (κ1) is 19.6. The van der Waals surface area contributed by atoms with Gasteiger partial charge in [0, 0.05) is 4.88 Å². The standard InChI is InChI=1S/C19H17F3N4O2S/c1-10-6-7-11-14(8-10)29-17-16(11)18(28)26(25-24-17)9-15(27)23-13-5-3-2-4-12(13)19(20,21)22/h2-5,10H,6-9H2,1H3,(H,23,27)/t10-/m1/s1. The van der Waals surface area contributed by atoms with E-state index in [4.69, 9.17) is 0 Å². The summed E-state index contributed by atoms with van der Waals surface area (Å²) in [5, 5.41) is 10.6. The number of rotatable bonds is 3. The second-order valence-corrected chi connectivity index (χ2v) is 8.26. The number of fused-ring (bicyclic) bond motifs is 3. The van der Waals surface area contributed by atoms with Crippen LogP contribution in [0.4, 0.5) is 18.9 Å². The number of hydrogen-bond donors (Lipinski definition) is 1. The molecule has 1 aliphatic carbocycles. The van der Waals surface area contributed by atoms with Crippen molar-refractivity contribution in [2.24, 2.45) is 5.92 Å². The fraction of sp³-hybridized carbons (Fsp3) is 0.368. The van der Waals surface area contributed by atoms with Gasteiger partial charge in [-0.05, 0) is 42.9 Å². The third-order valence-corrected chi connectivity index (χ3v) is 6.12. The van der Waals surface area contributed by atoms with Crippen LogP contribution in [0, 0.1) is 5.92 Å². The van der Waals surface area contributed by atoms with Crippen molar-refractivity contribution in [2.75, 3.05) is 5.32 Å². The summed E-state index contributed by atoms with van der Waals surface area (Å²) in [5.41, 5.74) is -0.807. The Morgan fingerprint density at radius 2 is 2.10 bits per heavy atom. The van der Waals surface area contributed by atoms with E-state index in [9.17, 15) is 22.8 Å². The number of benzene rings is 1. The largest absolute Gasteiger partial charge is 0.418 e. The van der Waals surface area contributed by atoms with Gasteiger partial charge in [-0.15, -0.1) is 16.4 Å². The molecular weight excluding hydrogens is 405 g/mol. The Hall–Kier alpha value is -2.75. The molecule has 2 heterocycles. The lowest BCUT2D eigenvalue weighted by molar-refractivity contribution is -0.137. The highest BCUT2D eigenvalue weighted by atomic mass is 32.1. The molecular formula is C19H17F3N4O2S. The summed E-state index contributed by atoms with van der Waals surface area (Å²) in [7, 11) is 0. The first-order valence-electron chi connectivity index (χ1n) is 9.08. The quantitative estimate of drug-likeness (QED) is 0.699. The van der Waals surface area contributed by atoms with Crippen LogP contribution in [0.2, 0.25) is 0 Å². The summed E-state index contributed by atoms with van der Waals surface area (Å²) >= 11 is 1.44. The summed E-state index contributed by atoms with van der Waals surface area (Å²) in [4.78, 5) is 26.8. The molecule has 0 aliphatic heterocycles. The molecule has 10 heteroatoms. The number of amides is 1. The van der Waals surface area contributed by atoms with Crippen LogP contribution in [0.15, 0.2) is 29.1 Å². The number of alkyl halides is 3. The summed E-state index contributed by atoms with van der Waals surface area (Å²) in [6.45, 7) is 1.63. The SMILES string of the molecule is C[C@@H]1CCc2c(sc3nnn(CC(=O)Nc4ccccc4C(F)(F)F)c(=O)c23)C1. The molecule has 0 unspecified atom stereocenters. The van der Waals surface area contributed by atoms with E-state index in [1.54, 1.807) is 0 Å². The summed E-state index contributed by atoms with van der Waals surface area (Å²) in [6, 6.07) is 4.67. The lowest BCUT2D eigenvalue weighted by Crippen LogP contribution is -2.31. The second-order valence-electron chi connectivity index (χ2n) is 7.18. The molecule has 0 bridgehead atoms. The van der Waals surface area contributed by atoms with Crippen LogP contribution < -0.4 is 10.9 Å². The van der Waals surface area contributed by atoms with Crippen LogP contribution >= 0.6 is 11.3 Å². The van der Waals surface area contributed by atoms with E-state index in [1.165, 1.54) is 23.5 Å². The van der Waals surface area contributed by atoms with Crippen LogP contribution in [0.5, 0.6) is 0 Å². The third-order valence-electron chi connectivity index (χ3n) is 4.98. The van der Waals surface area contributed by atoms with Gasteiger partial charge >= 0.3 is 6.18 Å². The van der Waals surface area contributed by atoms with Gasteiger partial charge in [0.25, 0.3) is 5.56 Å². The predicted octanol–water partition coefficient (Wildman–Crippen LogP) is 3.64. The van der Waals surface area contributed by atoms with Crippen LogP contribution in [0.1, 0.15) is 29.3 Å². The zero-order valence-electron chi connectivity index (χ0n) is 15.4. The molecule has 0 saturated carbocycles. The van der Waals surface area contributed by atoms with E-state index >= 15 is 0 Å². The molecule has 2 aromatic heterocycles. The molecule has 6 nitrogen and oxygen atoms in total. The van der Waals surface area contributed by atoms with Gasteiger partial charge in [0.2, 0.25) is 5.91 Å². The molecule has 1 amide bonds. The van der Waals surface area contributed by atoms with Crippen molar-refractivity contribution in [3.05, 3.63) is 50.6 Å². The van der Waals surface area contributed by atoms with Crippen molar-refractivity contribution in [3.63, 3.8) is 0 Å². The summed E-state index contributed by atoms with van der Waals surface area (Å²) in [6.07, 6.45) is -1.99. The van der Waals surface area contributed by atoms with Crippen LogP contribution in [0.25, 0.3) is 10.2 Å². The number of anilines is 1. The Morgan fingerprint density at radius 1 is 1.34 bits per heavy atom. The van der Waals surface area contributed by atoms with Crippen molar-refractivity contribution in [1.29, 1.82) is 0 Å². The Balaban J connectivity index is 1.61. The highest BCUT2D eigenvalue weighted by molar-refractivity contribution is 7.18. The number of aryl methyl sites for hydroxylation is 1. The van der Waals surface area contributed by atoms with E-state index in [0.29, 0.717) is 16.1 Å². The predicted molar refractivity (Wildman–Crippen MR) is 103 cm³/mol. The Kier molecular flexibility index (Phi) is 4.89. The van der Waals surface area contributed by atoms with Gasteiger partial charge in [-0.3, -0.25) is 9.59 Å². The summed E-state index contributed by atoms with van der Waals surface area (Å²) in [5.74, 6) is -0.250. The number of halogens is 3. The molecule has 1 aromatic carbocycles. The van der Waals surface area contributed by atoms with Crippen LogP contribution in [-0.2, 0) is 30.4 Å². The summed E-state index contributed by atoms with van der Waals surface area (Å²) < 4.78 is 40.2. The fourth-order valence-corrected chi connectivity index (χ4v) is 4.88. The van der Waals surface area contributed by atoms with E-state index in [1.807, 2.05) is 0 Å². The van der Waals surface area contributed by atoms with Crippen LogP contribution in [0.3, 0.4) is 0 Å². The highest BCUT2D eigenvalue weighted by Crippen LogP contribution is 2.36. The minimum atomic E-state index is -4.60. The molecule has 0 fully saturated rings. The Bertz CT molecular complexity index is 1150. The van der Waals surface area contributed by atoms with Crippen molar-refractivity contribution in [3.8, 4) is 0 Å². The van der Waals surface area contributed by atoms with Crippen molar-refractivity contribution < 1.29 is 18.0 Å². The van der Waals surface area contributed by atoms with Crippen molar-refractivity contribution in [2.45, 2.75) is 38.9 Å². The fourth-order valence-electron chi connectivity index (χ4n) is 3.56. The molecule has 4 rings (SSSR count). The van der Waals surface area contributed by atoms with E-state index < -0.39 is 29.8 Å². The average Bonchev–Trinajstić information content (AvgIpc) is 3.01. The highest BCUT2D eigenvalue weighted by Gasteiger charge is 2.33. The zero-order valence-corrected chi connectivity index (χ0v) is 16.2. The van der Waals surface area contributed by atoms with Gasteiger partial charge in [0.15, 0.2) is 4.83 Å². The van der Waals surface area contributed by atoms with Gasteiger partial charge in [-0.2, -0.15) is 13.2 Å². The van der Waals surface area contributed by atoms with Crippen molar-refractivity contribution >= 4 is 33.1 Å². The van der Waals surface area contributed by atoms with Gasteiger partial charge in [0.1, 0.15) is 6.54 Å². The maximum atomic E-state index is 13.1. The molecule has 0 spiro atoms. The molecule has 1 N–H and O–H groups in total. The van der Waals surface area contributed by atoms with Gasteiger partial charge in [-0.1, -0.05) is 24.3 Å². The normalized spacial score (nSPS) is 16.6. The number of nitrogens with one attached hydrogen (secondary N) is 1. The second kappa shape index (κ2) is 7.25. The number of aromatic nitrogens is 3. The minimum absolute atomic E-state index is 0.367. The molecule has 0 saturated heterocycles. The molecule has 1 atom stereocenters. The topological polar surface area (TPSA) is 76.9 Å². The van der Waals surface area contributed by atoms with Gasteiger partial charge < -0.3 is 5.32 Å². The Labute approximate surface area is 167 Å². The molecule has 29 heavy (non-hydrogen) atoms. The number of nitrogens with zero attached hydrogens (tertiary/aromatic N) is 3. The zero-order chi connectivity index (χ0) is 20.8. The molecule has 1 aliphatic rings. The van der Waals surface area contributed by atoms with E-state index in [2.05, 4.69) is 22.6 Å². The lowest BCUT2D eigenvalue weighted by atomic mass is 9.89. The number of thiophene rings is 1. The maximum Gasteiger partial charge on any atom is 0.418 e. The molecule has 0 radical (unpaired) electrons. The number of carbonyl (C=O) groups excluding carboxylic acids is 1. The minimum Gasteiger partial charge on any atom is -0.324 e. The molecule has 152 valence electrons. The number of carbonyl (C=O) groups is 1. The van der Waals surface area contributed by atoms with Gasteiger partial charge in [-0.25, -0.2) is 4.68 Å². The molecule has 3 aromatic rings. The Morgan fingerprint density at radius 3 is 2.86 bits per heavy atom. The lowest BCUT2D eigenvalue weighted by Gasteiger charge is -2.17. The first-order valence-corrected chi connectivity index (χ1v) is 9.90. The monoisotopic (exact) mass is 422 g/mol. The van der Waals surface area contributed by atoms with E-state index in [-0.39, 0.29) is 5.69 Å². The van der Waals surface area contributed by atoms with E-state index in [0.717, 1.165) is 46.5 Å². The van der Waals surface area contributed by atoms with Crippen molar-refractivity contribution in [1.82, 2.24) is 15.0 Å². The average molecular weight is 422 g/mol. The third kappa shape index (κ3) is 3.76. The smallest absolute Gasteiger partial charge is 0.324 e. The maximum absolute atomic E-state index is 13.1. The van der Waals surface area contributed by atoms with Crippen LogP contribution in [-0.4, -0.2) is 20.9 Å².